The molecule has 0 saturated carbocycles. The van der Waals surface area contributed by atoms with Gasteiger partial charge < -0.3 is 15.0 Å². The van der Waals surface area contributed by atoms with Gasteiger partial charge in [0.25, 0.3) is 0 Å². The molecule has 2 unspecified atom stereocenters. The van der Waals surface area contributed by atoms with Crippen molar-refractivity contribution in [1.82, 2.24) is 14.9 Å². The first-order valence-corrected chi connectivity index (χ1v) is 7.55. The Balaban J connectivity index is 2.00. The Morgan fingerprint density at radius 1 is 1.19 bits per heavy atom. The number of rotatable bonds is 7. The van der Waals surface area contributed by atoms with Crippen LogP contribution in [-0.2, 0) is 0 Å². The van der Waals surface area contributed by atoms with E-state index in [1.165, 1.54) is 5.56 Å². The molecule has 0 radical (unpaired) electrons. The zero-order valence-electron chi connectivity index (χ0n) is 13.0. The van der Waals surface area contributed by atoms with Crippen LogP contribution >= 0.6 is 0 Å². The van der Waals surface area contributed by atoms with E-state index >= 15 is 0 Å². The normalized spacial score (nSPS) is 14.3. The number of hydrogen-bond donors (Lipinski definition) is 2. The topological polar surface area (TPSA) is 50.1 Å². The fourth-order valence-electron chi connectivity index (χ4n) is 2.56. The number of aromatic nitrogens is 2. The smallest absolute Gasteiger partial charge is 0.0991 e. The van der Waals surface area contributed by atoms with E-state index in [2.05, 4.69) is 55.3 Å². The Morgan fingerprint density at radius 2 is 1.90 bits per heavy atom. The van der Waals surface area contributed by atoms with Crippen LogP contribution in [0.25, 0.3) is 5.69 Å². The van der Waals surface area contributed by atoms with E-state index in [0.717, 1.165) is 12.1 Å². The molecule has 0 spiro atoms. The standard InChI is InChI=1S/C17H25N3O/c1-13(2)10-16(11-21)19-14(3)15-4-6-17(7-5-15)20-9-8-18-12-20/h4-9,12-14,16,19,21H,10-11H2,1-3H3. The highest BCUT2D eigenvalue weighted by Crippen LogP contribution is 2.17. The highest BCUT2D eigenvalue weighted by Gasteiger charge is 2.14. The number of hydrogen-bond acceptors (Lipinski definition) is 3. The van der Waals surface area contributed by atoms with Gasteiger partial charge in [0.05, 0.1) is 12.9 Å². The average molecular weight is 287 g/mol. The third kappa shape index (κ3) is 4.41. The number of benzene rings is 1. The Hall–Kier alpha value is -1.65. The summed E-state index contributed by atoms with van der Waals surface area (Å²) in [6.07, 6.45) is 6.48. The molecule has 4 nitrogen and oxygen atoms in total. The van der Waals surface area contributed by atoms with Gasteiger partial charge in [0, 0.05) is 30.2 Å². The van der Waals surface area contributed by atoms with Gasteiger partial charge in [0.1, 0.15) is 0 Å². The van der Waals surface area contributed by atoms with Crippen molar-refractivity contribution < 1.29 is 5.11 Å². The first-order chi connectivity index (χ1) is 10.1. The van der Waals surface area contributed by atoms with E-state index in [0.29, 0.717) is 5.92 Å². The van der Waals surface area contributed by atoms with Gasteiger partial charge in [-0.1, -0.05) is 26.0 Å². The number of aliphatic hydroxyl groups is 1. The molecular formula is C17H25N3O. The second-order valence-electron chi connectivity index (χ2n) is 5.96. The van der Waals surface area contributed by atoms with Gasteiger partial charge in [0.2, 0.25) is 0 Å². The summed E-state index contributed by atoms with van der Waals surface area (Å²) >= 11 is 0. The van der Waals surface area contributed by atoms with Crippen LogP contribution in [0, 0.1) is 5.92 Å². The number of nitrogens with one attached hydrogen (secondary N) is 1. The van der Waals surface area contributed by atoms with E-state index in [1.54, 1.807) is 12.5 Å². The molecule has 0 bridgehead atoms. The van der Waals surface area contributed by atoms with E-state index < -0.39 is 0 Å². The maximum absolute atomic E-state index is 9.47. The molecule has 0 saturated heterocycles. The van der Waals surface area contributed by atoms with Crippen molar-refractivity contribution >= 4 is 0 Å². The van der Waals surface area contributed by atoms with Gasteiger partial charge in [-0.3, -0.25) is 0 Å². The Bertz CT molecular complexity index is 519. The summed E-state index contributed by atoms with van der Waals surface area (Å²) in [4.78, 5) is 4.06. The lowest BCUT2D eigenvalue weighted by Gasteiger charge is -2.23. The van der Waals surface area contributed by atoms with E-state index in [9.17, 15) is 5.11 Å². The van der Waals surface area contributed by atoms with Gasteiger partial charge >= 0.3 is 0 Å². The number of nitrogens with zero attached hydrogens (tertiary/aromatic N) is 2. The minimum absolute atomic E-state index is 0.147. The minimum Gasteiger partial charge on any atom is -0.395 e. The summed E-state index contributed by atoms with van der Waals surface area (Å²) in [6.45, 7) is 6.66. The molecule has 2 atom stereocenters. The van der Waals surface area contributed by atoms with Gasteiger partial charge in [-0.25, -0.2) is 4.98 Å². The zero-order chi connectivity index (χ0) is 15.2. The van der Waals surface area contributed by atoms with Crippen LogP contribution in [0.15, 0.2) is 43.0 Å². The predicted octanol–water partition coefficient (Wildman–Crippen LogP) is 2.93. The van der Waals surface area contributed by atoms with Crippen molar-refractivity contribution in [2.24, 2.45) is 5.92 Å². The Labute approximate surface area is 126 Å². The van der Waals surface area contributed by atoms with Gasteiger partial charge in [-0.05, 0) is 37.0 Å². The summed E-state index contributed by atoms with van der Waals surface area (Å²) in [5, 5.41) is 13.0. The molecule has 2 N–H and O–H groups in total. The minimum atomic E-state index is 0.147. The van der Waals surface area contributed by atoms with Crippen LogP contribution in [0.5, 0.6) is 0 Å². The van der Waals surface area contributed by atoms with Crippen molar-refractivity contribution in [2.75, 3.05) is 6.61 Å². The van der Waals surface area contributed by atoms with Crippen LogP contribution in [0.3, 0.4) is 0 Å². The summed E-state index contributed by atoms with van der Waals surface area (Å²) < 4.78 is 1.98. The van der Waals surface area contributed by atoms with Crippen LogP contribution in [0.4, 0.5) is 0 Å². The fourth-order valence-corrected chi connectivity index (χ4v) is 2.56. The highest BCUT2D eigenvalue weighted by atomic mass is 16.3. The number of aliphatic hydroxyl groups excluding tert-OH is 1. The van der Waals surface area contributed by atoms with Crippen molar-refractivity contribution in [3.63, 3.8) is 0 Å². The second kappa shape index (κ2) is 7.38. The molecule has 0 aliphatic rings. The van der Waals surface area contributed by atoms with Gasteiger partial charge in [-0.2, -0.15) is 0 Å². The first-order valence-electron chi connectivity index (χ1n) is 7.55. The Morgan fingerprint density at radius 3 is 2.43 bits per heavy atom. The summed E-state index contributed by atoms with van der Waals surface area (Å²) in [5.41, 5.74) is 2.32. The molecule has 1 aromatic carbocycles. The maximum Gasteiger partial charge on any atom is 0.0991 e. The third-order valence-corrected chi connectivity index (χ3v) is 3.66. The molecule has 21 heavy (non-hydrogen) atoms. The summed E-state index contributed by atoms with van der Waals surface area (Å²) in [7, 11) is 0. The fraction of sp³-hybridized carbons (Fsp3) is 0.471. The molecule has 0 aliphatic heterocycles. The summed E-state index contributed by atoms with van der Waals surface area (Å²) in [5.74, 6) is 0.575. The first kappa shape index (κ1) is 15.7. The molecule has 114 valence electrons. The van der Waals surface area contributed by atoms with Crippen molar-refractivity contribution in [1.29, 1.82) is 0 Å². The van der Waals surface area contributed by atoms with Crippen LogP contribution in [-0.4, -0.2) is 27.3 Å². The monoisotopic (exact) mass is 287 g/mol. The SMILES string of the molecule is CC(C)CC(CO)NC(C)c1ccc(-n2ccnc2)cc1. The van der Waals surface area contributed by atoms with Crippen LogP contribution in [0.2, 0.25) is 0 Å². The highest BCUT2D eigenvalue weighted by molar-refractivity contribution is 5.35. The Kier molecular flexibility index (Phi) is 5.53. The lowest BCUT2D eigenvalue weighted by molar-refractivity contribution is 0.215. The van der Waals surface area contributed by atoms with E-state index in [4.69, 9.17) is 0 Å². The lowest BCUT2D eigenvalue weighted by Crippen LogP contribution is -2.35. The van der Waals surface area contributed by atoms with Crippen LogP contribution in [0.1, 0.15) is 38.8 Å². The third-order valence-electron chi connectivity index (χ3n) is 3.66. The second-order valence-corrected chi connectivity index (χ2v) is 5.96. The largest absolute Gasteiger partial charge is 0.395 e. The molecule has 2 rings (SSSR count). The molecular weight excluding hydrogens is 262 g/mol. The lowest BCUT2D eigenvalue weighted by atomic mass is 10.0. The molecule has 4 heteroatoms. The van der Waals surface area contributed by atoms with Crippen molar-refractivity contribution in [2.45, 2.75) is 39.3 Å². The number of imidazole rings is 1. The quantitative estimate of drug-likeness (QED) is 0.823. The molecule has 2 aromatic rings. The van der Waals surface area contributed by atoms with Crippen LogP contribution < -0.4 is 5.32 Å². The molecule has 1 heterocycles. The average Bonchev–Trinajstić information content (AvgIpc) is 3.00. The maximum atomic E-state index is 9.47. The molecule has 1 aromatic heterocycles. The van der Waals surface area contributed by atoms with E-state index in [1.807, 2.05) is 10.8 Å². The molecule has 0 fully saturated rings. The molecule has 0 amide bonds. The van der Waals surface area contributed by atoms with E-state index in [-0.39, 0.29) is 18.7 Å². The predicted molar refractivity (Wildman–Crippen MR) is 85.4 cm³/mol. The van der Waals surface area contributed by atoms with Gasteiger partial charge in [-0.15, -0.1) is 0 Å². The zero-order valence-corrected chi connectivity index (χ0v) is 13.0. The molecule has 0 aliphatic carbocycles. The van der Waals surface area contributed by atoms with Crippen molar-refractivity contribution in [3.8, 4) is 5.69 Å². The van der Waals surface area contributed by atoms with Crippen molar-refractivity contribution in [3.05, 3.63) is 48.5 Å². The van der Waals surface area contributed by atoms with Gasteiger partial charge in [0.15, 0.2) is 0 Å². The summed E-state index contributed by atoms with van der Waals surface area (Å²) in [6, 6.07) is 8.79.